The Bertz CT molecular complexity index is 573. The molecule has 2 amide bonds. The average molecular weight is 285 g/mol. The number of amidine groups is 1. The maximum Gasteiger partial charge on any atom is 0.453 e. The van der Waals surface area contributed by atoms with Crippen LogP contribution in [0.15, 0.2) is 35.3 Å². The number of ether oxygens (including phenoxy) is 1. The topological polar surface area (TPSA) is 53.9 Å². The fourth-order valence-electron chi connectivity index (χ4n) is 2.18. The van der Waals surface area contributed by atoms with E-state index in [-0.39, 0.29) is 24.7 Å². The highest BCUT2D eigenvalue weighted by Gasteiger charge is 2.64. The minimum Gasteiger partial charge on any atom is -0.424 e. The number of rotatable bonds is 1. The molecule has 1 aromatic rings. The van der Waals surface area contributed by atoms with Gasteiger partial charge in [0.15, 0.2) is 0 Å². The molecule has 8 heteroatoms. The Labute approximate surface area is 112 Å². The lowest BCUT2D eigenvalue weighted by molar-refractivity contribution is -0.274. The zero-order valence-corrected chi connectivity index (χ0v) is 10.1. The minimum absolute atomic E-state index is 0.199. The van der Waals surface area contributed by atoms with Crippen LogP contribution in [0.4, 0.5) is 18.0 Å². The number of hydrogen-bond donors (Lipinski definition) is 1. The van der Waals surface area contributed by atoms with Gasteiger partial charge in [-0.1, -0.05) is 30.3 Å². The maximum atomic E-state index is 13.5. The van der Waals surface area contributed by atoms with Gasteiger partial charge in [-0.3, -0.25) is 5.32 Å². The summed E-state index contributed by atoms with van der Waals surface area (Å²) in [6.45, 7) is 0.440. The Balaban J connectivity index is 2.11. The molecule has 0 saturated carbocycles. The second-order valence-electron chi connectivity index (χ2n) is 4.39. The van der Waals surface area contributed by atoms with Crippen LogP contribution in [-0.4, -0.2) is 36.2 Å². The molecule has 0 radical (unpaired) electrons. The summed E-state index contributed by atoms with van der Waals surface area (Å²) in [5, 5.41) is 1.92. The number of carbonyl (C=O) groups is 1. The summed E-state index contributed by atoms with van der Waals surface area (Å²) >= 11 is 0. The quantitative estimate of drug-likeness (QED) is 0.855. The first-order valence-electron chi connectivity index (χ1n) is 5.89. The van der Waals surface area contributed by atoms with Gasteiger partial charge in [-0.05, 0) is 0 Å². The highest BCUT2D eigenvalue weighted by atomic mass is 19.4. The molecule has 2 aliphatic heterocycles. The normalized spacial score (nSPS) is 25.6. The Hall–Kier alpha value is -2.25. The summed E-state index contributed by atoms with van der Waals surface area (Å²) in [5.74, 6) is 0. The molecule has 2 heterocycles. The van der Waals surface area contributed by atoms with E-state index >= 15 is 0 Å². The van der Waals surface area contributed by atoms with Crippen molar-refractivity contribution in [1.82, 2.24) is 10.2 Å². The predicted octanol–water partition coefficient (Wildman–Crippen LogP) is 1.81. The van der Waals surface area contributed by atoms with Crippen LogP contribution in [0.25, 0.3) is 0 Å². The summed E-state index contributed by atoms with van der Waals surface area (Å²) in [4.78, 5) is 16.7. The third kappa shape index (κ3) is 1.71. The van der Waals surface area contributed by atoms with E-state index in [1.54, 1.807) is 6.07 Å². The molecular weight excluding hydrogens is 275 g/mol. The van der Waals surface area contributed by atoms with Crippen molar-refractivity contribution in [2.24, 2.45) is 4.99 Å². The molecule has 0 bridgehead atoms. The fourth-order valence-corrected chi connectivity index (χ4v) is 2.18. The molecule has 0 spiro atoms. The lowest BCUT2D eigenvalue weighted by atomic mass is 10.0. The zero-order chi connectivity index (χ0) is 14.4. The molecule has 106 valence electrons. The molecule has 1 saturated heterocycles. The molecule has 1 N–H and O–H groups in total. The van der Waals surface area contributed by atoms with Gasteiger partial charge in [0.1, 0.15) is 0 Å². The predicted molar refractivity (Wildman–Crippen MR) is 62.8 cm³/mol. The molecular formula is C12H10F3N3O2. The van der Waals surface area contributed by atoms with E-state index in [0.29, 0.717) is 0 Å². The molecule has 1 fully saturated rings. The standard InChI is InChI=1S/C12H10F3N3O2/c13-12(14,15)11(8-4-2-1-3-5-8)17-9(19)18-7-6-16-10(18)20-11/h1-5H,6-7H2,(H,17,19)/t11-/m1/s1. The first-order valence-corrected chi connectivity index (χ1v) is 5.89. The van der Waals surface area contributed by atoms with Crippen molar-refractivity contribution >= 4 is 12.1 Å². The van der Waals surface area contributed by atoms with Crippen molar-refractivity contribution < 1.29 is 22.7 Å². The van der Waals surface area contributed by atoms with Gasteiger partial charge in [0, 0.05) is 5.56 Å². The second kappa shape index (κ2) is 4.12. The van der Waals surface area contributed by atoms with Crippen LogP contribution >= 0.6 is 0 Å². The minimum atomic E-state index is -4.82. The van der Waals surface area contributed by atoms with Crippen LogP contribution in [0.3, 0.4) is 0 Å². The number of urea groups is 1. The summed E-state index contributed by atoms with van der Waals surface area (Å²) in [5.41, 5.74) is -3.10. The molecule has 0 aliphatic carbocycles. The van der Waals surface area contributed by atoms with Crippen LogP contribution in [0.5, 0.6) is 0 Å². The van der Waals surface area contributed by atoms with Crippen molar-refractivity contribution in [2.75, 3.05) is 13.1 Å². The maximum absolute atomic E-state index is 13.5. The zero-order valence-electron chi connectivity index (χ0n) is 10.1. The highest BCUT2D eigenvalue weighted by Crippen LogP contribution is 2.42. The molecule has 1 atom stereocenters. The van der Waals surface area contributed by atoms with Gasteiger partial charge in [-0.2, -0.15) is 13.2 Å². The van der Waals surface area contributed by atoms with Crippen molar-refractivity contribution in [3.8, 4) is 0 Å². The summed E-state index contributed by atoms with van der Waals surface area (Å²) in [6, 6.07) is 5.81. The third-order valence-electron chi connectivity index (χ3n) is 3.15. The van der Waals surface area contributed by atoms with Crippen molar-refractivity contribution in [3.63, 3.8) is 0 Å². The molecule has 0 aromatic heterocycles. The largest absolute Gasteiger partial charge is 0.453 e. The first-order chi connectivity index (χ1) is 9.44. The first kappa shape index (κ1) is 12.8. The van der Waals surface area contributed by atoms with Crippen molar-refractivity contribution in [3.05, 3.63) is 35.9 Å². The molecule has 3 rings (SSSR count). The lowest BCUT2D eigenvalue weighted by Gasteiger charge is -2.41. The monoisotopic (exact) mass is 285 g/mol. The van der Waals surface area contributed by atoms with E-state index in [1.165, 1.54) is 24.3 Å². The van der Waals surface area contributed by atoms with E-state index in [1.807, 2.05) is 5.32 Å². The molecule has 1 aromatic carbocycles. The number of amides is 2. The SMILES string of the molecule is O=C1N[C@@](c2ccccc2)(C(F)(F)F)OC2=NCCN12. The van der Waals surface area contributed by atoms with Crippen molar-refractivity contribution in [2.45, 2.75) is 11.9 Å². The van der Waals surface area contributed by atoms with E-state index < -0.39 is 17.9 Å². The number of nitrogens with zero attached hydrogens (tertiary/aromatic N) is 2. The number of halogens is 3. The lowest BCUT2D eigenvalue weighted by Crippen LogP contribution is -2.66. The smallest absolute Gasteiger partial charge is 0.424 e. The van der Waals surface area contributed by atoms with Crippen LogP contribution in [0, 0.1) is 0 Å². The van der Waals surface area contributed by atoms with Crippen LogP contribution in [0.2, 0.25) is 0 Å². The Morgan fingerprint density at radius 3 is 2.65 bits per heavy atom. The number of carbonyl (C=O) groups excluding carboxylic acids is 1. The van der Waals surface area contributed by atoms with Gasteiger partial charge in [0.25, 0.3) is 6.02 Å². The molecule has 20 heavy (non-hydrogen) atoms. The van der Waals surface area contributed by atoms with Crippen LogP contribution in [-0.2, 0) is 10.5 Å². The Morgan fingerprint density at radius 1 is 1.30 bits per heavy atom. The second-order valence-corrected chi connectivity index (χ2v) is 4.39. The van der Waals surface area contributed by atoms with Crippen molar-refractivity contribution in [1.29, 1.82) is 0 Å². The number of alkyl halides is 3. The van der Waals surface area contributed by atoms with Gasteiger partial charge in [0.05, 0.1) is 13.1 Å². The number of nitrogens with one attached hydrogen (secondary N) is 1. The van der Waals surface area contributed by atoms with Gasteiger partial charge >= 0.3 is 17.9 Å². The number of benzene rings is 1. The van der Waals surface area contributed by atoms with Gasteiger partial charge in [0.2, 0.25) is 0 Å². The fraction of sp³-hybridized carbons (Fsp3) is 0.333. The molecule has 2 aliphatic rings. The molecule has 0 unspecified atom stereocenters. The molecule has 5 nitrogen and oxygen atoms in total. The summed E-state index contributed by atoms with van der Waals surface area (Å²) < 4.78 is 45.5. The van der Waals surface area contributed by atoms with Gasteiger partial charge in [-0.15, -0.1) is 0 Å². The summed E-state index contributed by atoms with van der Waals surface area (Å²) in [7, 11) is 0. The third-order valence-corrected chi connectivity index (χ3v) is 3.15. The number of aliphatic imine (C=N–C) groups is 1. The Kier molecular flexibility index (Phi) is 2.63. The van der Waals surface area contributed by atoms with E-state index in [9.17, 15) is 18.0 Å². The van der Waals surface area contributed by atoms with E-state index in [4.69, 9.17) is 4.74 Å². The van der Waals surface area contributed by atoms with Crippen LogP contribution in [0.1, 0.15) is 5.56 Å². The van der Waals surface area contributed by atoms with Crippen LogP contribution < -0.4 is 5.32 Å². The number of fused-ring (bicyclic) bond motifs is 1. The summed E-state index contributed by atoms with van der Waals surface area (Å²) in [6.07, 6.45) is -4.82. The van der Waals surface area contributed by atoms with Gasteiger partial charge in [-0.25, -0.2) is 14.7 Å². The average Bonchev–Trinajstić information content (AvgIpc) is 2.87. The highest BCUT2D eigenvalue weighted by molar-refractivity contribution is 5.97. The van der Waals surface area contributed by atoms with E-state index in [0.717, 1.165) is 4.90 Å². The Morgan fingerprint density at radius 2 is 2.00 bits per heavy atom. The van der Waals surface area contributed by atoms with Gasteiger partial charge < -0.3 is 4.74 Å². The number of hydrogen-bond acceptors (Lipinski definition) is 3. The van der Waals surface area contributed by atoms with E-state index in [2.05, 4.69) is 4.99 Å².